The first-order valence-corrected chi connectivity index (χ1v) is 7.40. The molecule has 0 fully saturated rings. The molecule has 1 N–H and O–H groups in total. The SMILES string of the molecule is CCCc1c(Cl)[nH]c(=O)n(-c2ccc(Br)cc2C#N)c1=O. The van der Waals surface area contributed by atoms with Gasteiger partial charge < -0.3 is 0 Å². The first kappa shape index (κ1) is 15.5. The fourth-order valence-corrected chi connectivity index (χ4v) is 2.64. The summed E-state index contributed by atoms with van der Waals surface area (Å²) in [7, 11) is 0. The maximum absolute atomic E-state index is 12.5. The zero-order valence-electron chi connectivity index (χ0n) is 11.1. The van der Waals surface area contributed by atoms with E-state index in [0.29, 0.717) is 22.9 Å². The van der Waals surface area contributed by atoms with E-state index in [2.05, 4.69) is 20.9 Å². The minimum Gasteiger partial charge on any atom is -0.297 e. The summed E-state index contributed by atoms with van der Waals surface area (Å²) >= 11 is 9.18. The predicted molar refractivity (Wildman–Crippen MR) is 84.1 cm³/mol. The third-order valence-corrected chi connectivity index (χ3v) is 3.78. The van der Waals surface area contributed by atoms with Crippen molar-refractivity contribution >= 4 is 27.5 Å². The first-order valence-electron chi connectivity index (χ1n) is 6.23. The van der Waals surface area contributed by atoms with Crippen molar-refractivity contribution in [2.45, 2.75) is 19.8 Å². The normalized spacial score (nSPS) is 10.4. The molecule has 1 heterocycles. The molecule has 0 saturated carbocycles. The van der Waals surface area contributed by atoms with Crippen molar-refractivity contribution in [3.63, 3.8) is 0 Å². The molecular weight excluding hydrogens is 358 g/mol. The Labute approximate surface area is 133 Å². The van der Waals surface area contributed by atoms with Gasteiger partial charge in [-0.3, -0.25) is 9.78 Å². The maximum Gasteiger partial charge on any atom is 0.334 e. The molecule has 5 nitrogen and oxygen atoms in total. The summed E-state index contributed by atoms with van der Waals surface area (Å²) in [6.45, 7) is 1.91. The van der Waals surface area contributed by atoms with E-state index < -0.39 is 11.2 Å². The van der Waals surface area contributed by atoms with Crippen LogP contribution in [-0.2, 0) is 6.42 Å². The lowest BCUT2D eigenvalue weighted by atomic mass is 10.1. The Morgan fingerprint density at radius 3 is 2.76 bits per heavy atom. The molecule has 7 heteroatoms. The van der Waals surface area contributed by atoms with Gasteiger partial charge in [0, 0.05) is 4.47 Å². The fourth-order valence-electron chi connectivity index (χ4n) is 2.02. The number of H-pyrrole nitrogens is 1. The summed E-state index contributed by atoms with van der Waals surface area (Å²) in [4.78, 5) is 27.0. The molecule has 2 rings (SSSR count). The number of rotatable bonds is 3. The molecule has 1 aromatic carbocycles. The first-order chi connectivity index (χ1) is 9.99. The molecule has 0 saturated heterocycles. The molecule has 0 radical (unpaired) electrons. The average Bonchev–Trinajstić information content (AvgIpc) is 2.44. The zero-order valence-corrected chi connectivity index (χ0v) is 13.5. The maximum atomic E-state index is 12.5. The van der Waals surface area contributed by atoms with Crippen LogP contribution < -0.4 is 11.2 Å². The number of hydrogen-bond acceptors (Lipinski definition) is 3. The predicted octanol–water partition coefficient (Wildman–Crippen LogP) is 2.77. The van der Waals surface area contributed by atoms with E-state index in [1.54, 1.807) is 18.2 Å². The van der Waals surface area contributed by atoms with Gasteiger partial charge in [-0.15, -0.1) is 0 Å². The molecule has 2 aromatic rings. The molecule has 0 amide bonds. The highest BCUT2D eigenvalue weighted by molar-refractivity contribution is 9.10. The van der Waals surface area contributed by atoms with Gasteiger partial charge in [-0.2, -0.15) is 5.26 Å². The van der Waals surface area contributed by atoms with Crippen LogP contribution in [0.1, 0.15) is 24.5 Å². The molecule has 0 bridgehead atoms. The van der Waals surface area contributed by atoms with Crippen LogP contribution in [0.15, 0.2) is 32.3 Å². The average molecular weight is 369 g/mol. The van der Waals surface area contributed by atoms with E-state index in [9.17, 15) is 14.9 Å². The van der Waals surface area contributed by atoms with E-state index in [-0.39, 0.29) is 16.4 Å². The van der Waals surface area contributed by atoms with E-state index in [4.69, 9.17) is 11.6 Å². The van der Waals surface area contributed by atoms with Crippen molar-refractivity contribution in [1.82, 2.24) is 9.55 Å². The Bertz CT molecular complexity index is 849. The van der Waals surface area contributed by atoms with Crippen LogP contribution in [0.5, 0.6) is 0 Å². The summed E-state index contributed by atoms with van der Waals surface area (Å²) in [5.41, 5.74) is -0.360. The molecule has 0 aliphatic carbocycles. The van der Waals surface area contributed by atoms with Crippen LogP contribution in [0.25, 0.3) is 5.69 Å². The van der Waals surface area contributed by atoms with Crippen LogP contribution in [-0.4, -0.2) is 9.55 Å². The number of benzene rings is 1. The molecule has 108 valence electrons. The van der Waals surface area contributed by atoms with Gasteiger partial charge in [0.15, 0.2) is 0 Å². The smallest absolute Gasteiger partial charge is 0.297 e. The molecule has 0 aliphatic rings. The minimum absolute atomic E-state index is 0.0544. The molecular formula is C14H11BrClN3O2. The van der Waals surface area contributed by atoms with Gasteiger partial charge in [0.2, 0.25) is 0 Å². The number of aromatic amines is 1. The van der Waals surface area contributed by atoms with Gasteiger partial charge in [-0.25, -0.2) is 9.36 Å². The van der Waals surface area contributed by atoms with Gasteiger partial charge in [-0.1, -0.05) is 40.9 Å². The Morgan fingerprint density at radius 1 is 1.43 bits per heavy atom. The lowest BCUT2D eigenvalue weighted by Crippen LogP contribution is -2.36. The highest BCUT2D eigenvalue weighted by Gasteiger charge is 2.16. The third-order valence-electron chi connectivity index (χ3n) is 2.97. The lowest BCUT2D eigenvalue weighted by molar-refractivity contribution is 0.810. The van der Waals surface area contributed by atoms with Crippen LogP contribution in [0.4, 0.5) is 0 Å². The van der Waals surface area contributed by atoms with Crippen LogP contribution in [0.2, 0.25) is 5.15 Å². The zero-order chi connectivity index (χ0) is 15.6. The number of hydrogen-bond donors (Lipinski definition) is 1. The van der Waals surface area contributed by atoms with Gasteiger partial charge in [-0.05, 0) is 24.6 Å². The Balaban J connectivity index is 2.83. The molecule has 0 spiro atoms. The second kappa shape index (κ2) is 6.29. The van der Waals surface area contributed by atoms with Gasteiger partial charge in [0.05, 0.1) is 16.8 Å². The highest BCUT2D eigenvalue weighted by Crippen LogP contribution is 2.18. The molecule has 0 aliphatic heterocycles. The van der Waals surface area contributed by atoms with E-state index in [1.807, 2.05) is 13.0 Å². The number of halogens is 2. The van der Waals surface area contributed by atoms with Crippen LogP contribution in [0.3, 0.4) is 0 Å². The van der Waals surface area contributed by atoms with Crippen molar-refractivity contribution < 1.29 is 0 Å². The monoisotopic (exact) mass is 367 g/mol. The highest BCUT2D eigenvalue weighted by atomic mass is 79.9. The second-order valence-corrected chi connectivity index (χ2v) is 5.68. The number of aromatic nitrogens is 2. The van der Waals surface area contributed by atoms with Crippen molar-refractivity contribution in [2.75, 3.05) is 0 Å². The van der Waals surface area contributed by atoms with Crippen LogP contribution in [0, 0.1) is 11.3 Å². The quantitative estimate of drug-likeness (QED) is 0.846. The van der Waals surface area contributed by atoms with Crippen molar-refractivity contribution in [3.05, 3.63) is 59.8 Å². The standard InChI is InChI=1S/C14H11BrClN3O2/c1-2-3-10-12(16)18-14(21)19(13(10)20)11-5-4-9(15)6-8(11)7-17/h4-6H,2-3H2,1H3,(H,18,21). The summed E-state index contributed by atoms with van der Waals surface area (Å²) in [6, 6.07) is 6.74. The molecule has 0 atom stereocenters. The van der Waals surface area contributed by atoms with Crippen molar-refractivity contribution in [2.24, 2.45) is 0 Å². The lowest BCUT2D eigenvalue weighted by Gasteiger charge is -2.10. The summed E-state index contributed by atoms with van der Waals surface area (Å²) in [6.07, 6.45) is 1.17. The minimum atomic E-state index is -0.663. The Kier molecular flexibility index (Phi) is 4.66. The molecule has 21 heavy (non-hydrogen) atoms. The second-order valence-electron chi connectivity index (χ2n) is 4.39. The van der Waals surface area contributed by atoms with E-state index in [1.165, 1.54) is 0 Å². The van der Waals surface area contributed by atoms with Gasteiger partial charge in [0.25, 0.3) is 5.56 Å². The Hall–Kier alpha value is -1.84. The molecule has 0 unspecified atom stereocenters. The van der Waals surface area contributed by atoms with E-state index >= 15 is 0 Å². The Morgan fingerprint density at radius 2 is 2.14 bits per heavy atom. The number of nitrogens with zero attached hydrogens (tertiary/aromatic N) is 2. The van der Waals surface area contributed by atoms with Crippen LogP contribution >= 0.6 is 27.5 Å². The van der Waals surface area contributed by atoms with Gasteiger partial charge >= 0.3 is 5.69 Å². The third kappa shape index (κ3) is 2.94. The number of nitriles is 1. The van der Waals surface area contributed by atoms with E-state index in [0.717, 1.165) is 4.57 Å². The fraction of sp³-hybridized carbons (Fsp3) is 0.214. The largest absolute Gasteiger partial charge is 0.334 e. The topological polar surface area (TPSA) is 78.7 Å². The summed E-state index contributed by atoms with van der Waals surface area (Å²) in [5.74, 6) is 0. The van der Waals surface area contributed by atoms with Crippen molar-refractivity contribution in [3.8, 4) is 11.8 Å². The van der Waals surface area contributed by atoms with Gasteiger partial charge in [0.1, 0.15) is 11.2 Å². The summed E-state index contributed by atoms with van der Waals surface area (Å²) < 4.78 is 1.64. The molecule has 1 aromatic heterocycles. The summed E-state index contributed by atoms with van der Waals surface area (Å²) in [5, 5.41) is 9.24. The number of nitrogens with one attached hydrogen (secondary N) is 1. The van der Waals surface area contributed by atoms with Crippen molar-refractivity contribution in [1.29, 1.82) is 5.26 Å².